The molecule has 1 amide bonds. The lowest BCUT2D eigenvalue weighted by atomic mass is 9.44. The van der Waals surface area contributed by atoms with Crippen LogP contribution >= 0.6 is 11.6 Å². The molecular weight excluding hydrogens is 286 g/mol. The molecule has 3 aliphatic rings. The van der Waals surface area contributed by atoms with Crippen LogP contribution in [0, 0.1) is 6.57 Å². The number of rotatable bonds is 2. The van der Waals surface area contributed by atoms with E-state index in [0.29, 0.717) is 10.7 Å². The Morgan fingerprint density at radius 3 is 2.76 bits per heavy atom. The van der Waals surface area contributed by atoms with Crippen molar-refractivity contribution in [3.63, 3.8) is 0 Å². The number of hydrogen-bond donors (Lipinski definition) is 1. The number of halogens is 1. The summed E-state index contributed by atoms with van der Waals surface area (Å²) in [6, 6.07) is 7.45. The molecule has 0 unspecified atom stereocenters. The van der Waals surface area contributed by atoms with E-state index in [1.165, 1.54) is 0 Å². The summed E-state index contributed by atoms with van der Waals surface area (Å²) in [6.45, 7) is 7.19. The zero-order chi connectivity index (χ0) is 14.8. The normalized spacial score (nSPS) is 29.4. The largest absolute Gasteiger partial charge is 0.349 e. The number of fused-ring (bicyclic) bond motifs is 1. The third-order valence-electron chi connectivity index (χ3n) is 5.06. The molecule has 106 valence electrons. The fourth-order valence-electron chi connectivity index (χ4n) is 3.79. The van der Waals surface area contributed by atoms with Crippen molar-refractivity contribution in [2.75, 3.05) is 7.05 Å². The smallest absolute Gasteiger partial charge is 0.270 e. The van der Waals surface area contributed by atoms with Gasteiger partial charge in [0.1, 0.15) is 5.69 Å². The van der Waals surface area contributed by atoms with Gasteiger partial charge in [0.2, 0.25) is 5.54 Å². The molecule has 5 heteroatoms. The van der Waals surface area contributed by atoms with Crippen molar-refractivity contribution in [3.8, 4) is 0 Å². The standard InChI is InChI=1S/C16H14ClN3O/c1-18-15-7-16(8-15,9-15)20(2)14(21)12-6-10-4-3-5-11(17)13(10)19-12/h3-6,19H,7-9H2,2H3. The van der Waals surface area contributed by atoms with E-state index in [-0.39, 0.29) is 17.0 Å². The summed E-state index contributed by atoms with van der Waals surface area (Å²) in [7, 11) is 1.84. The molecule has 1 aromatic heterocycles. The fraction of sp³-hybridized carbons (Fsp3) is 0.375. The number of para-hydroxylation sites is 1. The lowest BCUT2D eigenvalue weighted by Gasteiger charge is -2.65. The predicted molar refractivity (Wildman–Crippen MR) is 81.3 cm³/mol. The van der Waals surface area contributed by atoms with Crippen LogP contribution in [-0.4, -0.2) is 33.9 Å². The first-order chi connectivity index (χ1) is 9.99. The molecule has 1 heterocycles. The molecular formula is C16H14ClN3O. The molecule has 2 bridgehead atoms. The van der Waals surface area contributed by atoms with Crippen LogP contribution in [0.25, 0.3) is 15.7 Å². The number of aromatic nitrogens is 1. The van der Waals surface area contributed by atoms with Crippen molar-refractivity contribution in [2.45, 2.75) is 30.3 Å². The molecule has 0 aliphatic heterocycles. The molecule has 2 aromatic rings. The molecule has 0 saturated heterocycles. The maximum Gasteiger partial charge on any atom is 0.270 e. The minimum absolute atomic E-state index is 0.0273. The van der Waals surface area contributed by atoms with E-state index in [1.807, 2.05) is 25.2 Å². The maximum absolute atomic E-state index is 12.7. The summed E-state index contributed by atoms with van der Waals surface area (Å²) in [4.78, 5) is 21.3. The van der Waals surface area contributed by atoms with Crippen molar-refractivity contribution in [2.24, 2.45) is 0 Å². The molecule has 3 saturated carbocycles. The van der Waals surface area contributed by atoms with Gasteiger partial charge < -0.3 is 14.7 Å². The zero-order valence-electron chi connectivity index (χ0n) is 11.6. The van der Waals surface area contributed by atoms with Crippen LogP contribution in [0.1, 0.15) is 29.8 Å². The lowest BCUT2D eigenvalue weighted by Crippen LogP contribution is -2.77. The summed E-state index contributed by atoms with van der Waals surface area (Å²) in [5, 5.41) is 1.56. The van der Waals surface area contributed by atoms with Crippen LogP contribution < -0.4 is 0 Å². The Morgan fingerprint density at radius 1 is 1.43 bits per heavy atom. The number of carbonyl (C=O) groups is 1. The van der Waals surface area contributed by atoms with Gasteiger partial charge in [0.25, 0.3) is 5.91 Å². The van der Waals surface area contributed by atoms with Crippen LogP contribution in [0.5, 0.6) is 0 Å². The second-order valence-corrected chi connectivity index (χ2v) is 6.75. The van der Waals surface area contributed by atoms with E-state index in [9.17, 15) is 4.79 Å². The van der Waals surface area contributed by atoms with Crippen LogP contribution in [-0.2, 0) is 0 Å². The molecule has 3 fully saturated rings. The number of benzene rings is 1. The summed E-state index contributed by atoms with van der Waals surface area (Å²) in [5.74, 6) is -0.0273. The van der Waals surface area contributed by atoms with Gasteiger partial charge in [-0.2, -0.15) is 0 Å². The predicted octanol–water partition coefficient (Wildman–Crippen LogP) is 3.49. The number of nitrogens with zero attached hydrogens (tertiary/aromatic N) is 2. The van der Waals surface area contributed by atoms with Crippen molar-refractivity contribution in [1.82, 2.24) is 9.88 Å². The van der Waals surface area contributed by atoms with Crippen LogP contribution in [0.4, 0.5) is 0 Å². The Balaban J connectivity index is 1.63. The number of nitrogens with one attached hydrogen (secondary N) is 1. The minimum atomic E-state index is -0.168. The first-order valence-corrected chi connectivity index (χ1v) is 7.31. The van der Waals surface area contributed by atoms with E-state index in [1.54, 1.807) is 11.0 Å². The van der Waals surface area contributed by atoms with Gasteiger partial charge in [0.15, 0.2) is 0 Å². The molecule has 21 heavy (non-hydrogen) atoms. The SMILES string of the molecule is [C-]#[N+]C12CC(N(C)C(=O)c3cc4cccc(Cl)c4[nH]3)(C1)C2. The van der Waals surface area contributed by atoms with Crippen LogP contribution in [0.3, 0.4) is 0 Å². The van der Waals surface area contributed by atoms with Gasteiger partial charge in [0.05, 0.1) is 16.1 Å². The van der Waals surface area contributed by atoms with E-state index in [4.69, 9.17) is 18.2 Å². The summed E-state index contributed by atoms with van der Waals surface area (Å²) < 4.78 is 0. The molecule has 5 rings (SSSR count). The van der Waals surface area contributed by atoms with Gasteiger partial charge in [0, 0.05) is 31.7 Å². The van der Waals surface area contributed by atoms with E-state index >= 15 is 0 Å². The highest BCUT2D eigenvalue weighted by atomic mass is 35.5. The van der Waals surface area contributed by atoms with Gasteiger partial charge >= 0.3 is 0 Å². The average molecular weight is 300 g/mol. The first-order valence-electron chi connectivity index (χ1n) is 6.93. The summed E-state index contributed by atoms with van der Waals surface area (Å²) in [5.41, 5.74) is 1.09. The number of amides is 1. The highest BCUT2D eigenvalue weighted by molar-refractivity contribution is 6.35. The molecule has 0 atom stereocenters. The highest BCUT2D eigenvalue weighted by Gasteiger charge is 2.77. The monoisotopic (exact) mass is 299 g/mol. The van der Waals surface area contributed by atoms with Crippen LogP contribution in [0.2, 0.25) is 5.02 Å². The van der Waals surface area contributed by atoms with Crippen molar-refractivity contribution in [3.05, 3.63) is 46.4 Å². The first kappa shape index (κ1) is 12.7. The quantitative estimate of drug-likeness (QED) is 0.847. The summed E-state index contributed by atoms with van der Waals surface area (Å²) >= 11 is 6.14. The van der Waals surface area contributed by atoms with Crippen molar-refractivity contribution >= 4 is 28.4 Å². The Kier molecular flexibility index (Phi) is 2.31. The van der Waals surface area contributed by atoms with Gasteiger partial charge in [-0.25, -0.2) is 6.57 Å². The van der Waals surface area contributed by atoms with Crippen LogP contribution in [0.15, 0.2) is 24.3 Å². The highest BCUT2D eigenvalue weighted by Crippen LogP contribution is 2.65. The Morgan fingerprint density at radius 2 is 2.14 bits per heavy atom. The lowest BCUT2D eigenvalue weighted by molar-refractivity contribution is -0.114. The summed E-state index contributed by atoms with van der Waals surface area (Å²) in [6.07, 6.45) is 2.44. The maximum atomic E-state index is 12.7. The molecule has 1 N–H and O–H groups in total. The Hall–Kier alpha value is -1.99. The van der Waals surface area contributed by atoms with Crippen molar-refractivity contribution in [1.29, 1.82) is 0 Å². The third kappa shape index (κ3) is 1.53. The van der Waals surface area contributed by atoms with E-state index < -0.39 is 0 Å². The zero-order valence-corrected chi connectivity index (χ0v) is 12.4. The van der Waals surface area contributed by atoms with E-state index in [2.05, 4.69) is 9.83 Å². The number of aromatic amines is 1. The fourth-order valence-corrected chi connectivity index (χ4v) is 4.02. The number of H-pyrrole nitrogens is 1. The molecule has 4 nitrogen and oxygen atoms in total. The minimum Gasteiger partial charge on any atom is -0.349 e. The van der Waals surface area contributed by atoms with Crippen molar-refractivity contribution < 1.29 is 4.79 Å². The number of hydrogen-bond acceptors (Lipinski definition) is 1. The Labute approximate surface area is 127 Å². The molecule has 1 aromatic carbocycles. The second-order valence-electron chi connectivity index (χ2n) is 6.34. The van der Waals surface area contributed by atoms with Gasteiger partial charge in [-0.3, -0.25) is 4.79 Å². The third-order valence-corrected chi connectivity index (χ3v) is 5.38. The molecule has 3 aliphatic carbocycles. The number of carbonyl (C=O) groups excluding carboxylic acids is 1. The Bertz CT molecular complexity index is 797. The molecule has 0 radical (unpaired) electrons. The molecule has 0 spiro atoms. The van der Waals surface area contributed by atoms with Gasteiger partial charge in [-0.1, -0.05) is 23.7 Å². The second kappa shape index (κ2) is 3.80. The van der Waals surface area contributed by atoms with Gasteiger partial charge in [-0.15, -0.1) is 0 Å². The topological polar surface area (TPSA) is 40.5 Å². The van der Waals surface area contributed by atoms with Gasteiger partial charge in [-0.05, 0) is 12.1 Å². The van der Waals surface area contributed by atoms with E-state index in [0.717, 1.165) is 30.2 Å². The average Bonchev–Trinajstić information content (AvgIpc) is 2.80.